The van der Waals surface area contributed by atoms with Gasteiger partial charge in [-0.1, -0.05) is 30.7 Å². The number of amides is 1. The molecule has 110 valence electrons. The highest BCUT2D eigenvalue weighted by atomic mass is 35.5. The molecule has 1 amide bonds. The van der Waals surface area contributed by atoms with Crippen LogP contribution in [0.25, 0.3) is 0 Å². The molecule has 5 heteroatoms. The molecule has 21 heavy (non-hydrogen) atoms. The number of carbonyl (C=O) groups excluding carboxylic acids is 1. The van der Waals surface area contributed by atoms with Crippen molar-refractivity contribution in [2.45, 2.75) is 19.9 Å². The van der Waals surface area contributed by atoms with Gasteiger partial charge in [-0.3, -0.25) is 9.78 Å². The first-order chi connectivity index (χ1) is 10.1. The van der Waals surface area contributed by atoms with Gasteiger partial charge in [0.1, 0.15) is 0 Å². The van der Waals surface area contributed by atoms with Crippen molar-refractivity contribution in [2.75, 3.05) is 12.3 Å². The second-order valence-corrected chi connectivity index (χ2v) is 5.23. The Morgan fingerprint density at radius 1 is 1.29 bits per heavy atom. The van der Waals surface area contributed by atoms with Crippen LogP contribution in [0.2, 0.25) is 5.02 Å². The van der Waals surface area contributed by atoms with E-state index in [1.807, 2.05) is 31.2 Å². The average molecular weight is 304 g/mol. The standard InChI is InChI=1S/C16H18ClN3O/c1-2-9-20(11-12-3-5-13(18)6-4-12)16(21)14-7-8-19-10-15(14)17/h3-8,10H,2,9,11,18H2,1H3. The van der Waals surface area contributed by atoms with Gasteiger partial charge in [0.15, 0.2) is 0 Å². The lowest BCUT2D eigenvalue weighted by atomic mass is 10.1. The van der Waals surface area contributed by atoms with Gasteiger partial charge >= 0.3 is 0 Å². The van der Waals surface area contributed by atoms with E-state index in [1.54, 1.807) is 17.2 Å². The Hall–Kier alpha value is -2.07. The van der Waals surface area contributed by atoms with Gasteiger partial charge < -0.3 is 10.6 Å². The van der Waals surface area contributed by atoms with Crippen LogP contribution in [-0.2, 0) is 6.54 Å². The molecule has 1 aromatic heterocycles. The summed E-state index contributed by atoms with van der Waals surface area (Å²) in [5, 5.41) is 0.376. The Bertz CT molecular complexity index is 613. The van der Waals surface area contributed by atoms with Crippen LogP contribution >= 0.6 is 11.6 Å². The molecule has 4 nitrogen and oxygen atoms in total. The monoisotopic (exact) mass is 303 g/mol. The fourth-order valence-corrected chi connectivity index (χ4v) is 2.28. The predicted molar refractivity (Wildman–Crippen MR) is 85.1 cm³/mol. The molecule has 0 saturated carbocycles. The topological polar surface area (TPSA) is 59.2 Å². The maximum atomic E-state index is 12.6. The maximum Gasteiger partial charge on any atom is 0.255 e. The van der Waals surface area contributed by atoms with Crippen molar-refractivity contribution in [3.8, 4) is 0 Å². The molecule has 2 N–H and O–H groups in total. The first-order valence-corrected chi connectivity index (χ1v) is 7.22. The fraction of sp³-hybridized carbons (Fsp3) is 0.250. The van der Waals surface area contributed by atoms with E-state index >= 15 is 0 Å². The van der Waals surface area contributed by atoms with Crippen LogP contribution in [0, 0.1) is 0 Å². The van der Waals surface area contributed by atoms with E-state index in [0.717, 1.165) is 12.0 Å². The maximum absolute atomic E-state index is 12.6. The number of anilines is 1. The smallest absolute Gasteiger partial charge is 0.255 e. The summed E-state index contributed by atoms with van der Waals surface area (Å²) in [5.41, 5.74) is 7.91. The molecule has 0 bridgehead atoms. The number of benzene rings is 1. The van der Waals surface area contributed by atoms with Gasteiger partial charge in [-0.15, -0.1) is 0 Å². The third-order valence-corrected chi connectivity index (χ3v) is 3.44. The van der Waals surface area contributed by atoms with Crippen LogP contribution in [0.1, 0.15) is 29.3 Å². The number of hydrogen-bond acceptors (Lipinski definition) is 3. The molecular formula is C16H18ClN3O. The molecule has 0 atom stereocenters. The van der Waals surface area contributed by atoms with Gasteiger partial charge in [-0.05, 0) is 30.2 Å². The summed E-state index contributed by atoms with van der Waals surface area (Å²) in [5.74, 6) is -0.0823. The Labute approximate surface area is 129 Å². The SMILES string of the molecule is CCCN(Cc1ccc(N)cc1)C(=O)c1ccncc1Cl. The van der Waals surface area contributed by atoms with Crippen LogP contribution in [0.5, 0.6) is 0 Å². The summed E-state index contributed by atoms with van der Waals surface area (Å²) in [4.78, 5) is 18.3. The van der Waals surface area contributed by atoms with Crippen molar-refractivity contribution in [1.29, 1.82) is 0 Å². The normalized spacial score (nSPS) is 10.4. The molecule has 2 aromatic rings. The highest BCUT2D eigenvalue weighted by Gasteiger charge is 2.18. The van der Waals surface area contributed by atoms with E-state index in [0.29, 0.717) is 29.4 Å². The third kappa shape index (κ3) is 3.95. The van der Waals surface area contributed by atoms with Crippen molar-refractivity contribution >= 4 is 23.2 Å². The fourth-order valence-electron chi connectivity index (χ4n) is 2.08. The van der Waals surface area contributed by atoms with Crippen LogP contribution in [0.3, 0.4) is 0 Å². The number of halogens is 1. The lowest BCUT2D eigenvalue weighted by Crippen LogP contribution is -2.31. The minimum Gasteiger partial charge on any atom is -0.399 e. The van der Waals surface area contributed by atoms with Crippen LogP contribution in [0.4, 0.5) is 5.69 Å². The second-order valence-electron chi connectivity index (χ2n) is 4.82. The van der Waals surface area contributed by atoms with E-state index in [4.69, 9.17) is 17.3 Å². The largest absolute Gasteiger partial charge is 0.399 e. The lowest BCUT2D eigenvalue weighted by molar-refractivity contribution is 0.0743. The van der Waals surface area contributed by atoms with Gasteiger partial charge in [0, 0.05) is 31.2 Å². The molecule has 2 rings (SSSR count). The zero-order valence-corrected chi connectivity index (χ0v) is 12.7. The summed E-state index contributed by atoms with van der Waals surface area (Å²) < 4.78 is 0. The Morgan fingerprint density at radius 2 is 2.00 bits per heavy atom. The molecule has 0 aliphatic heterocycles. The lowest BCUT2D eigenvalue weighted by Gasteiger charge is -2.22. The minimum absolute atomic E-state index is 0.0823. The molecule has 0 fully saturated rings. The molecule has 1 aromatic carbocycles. The molecule has 1 heterocycles. The number of nitrogen functional groups attached to an aromatic ring is 1. The number of nitrogens with zero attached hydrogens (tertiary/aromatic N) is 2. The first kappa shape index (κ1) is 15.3. The van der Waals surface area contributed by atoms with Gasteiger partial charge in [0.2, 0.25) is 0 Å². The summed E-state index contributed by atoms with van der Waals surface area (Å²) >= 11 is 6.06. The number of aromatic nitrogens is 1. The van der Waals surface area contributed by atoms with E-state index in [-0.39, 0.29) is 5.91 Å². The summed E-state index contributed by atoms with van der Waals surface area (Å²) in [6, 6.07) is 9.18. The van der Waals surface area contributed by atoms with Crippen molar-refractivity contribution < 1.29 is 4.79 Å². The number of pyridine rings is 1. The van der Waals surface area contributed by atoms with Crippen LogP contribution < -0.4 is 5.73 Å². The van der Waals surface area contributed by atoms with Crippen molar-refractivity contribution in [3.05, 3.63) is 58.9 Å². The van der Waals surface area contributed by atoms with Crippen molar-refractivity contribution in [2.24, 2.45) is 0 Å². The number of nitrogens with two attached hydrogens (primary N) is 1. The minimum atomic E-state index is -0.0823. The average Bonchev–Trinajstić information content (AvgIpc) is 2.49. The summed E-state index contributed by atoms with van der Waals surface area (Å²) in [6.07, 6.45) is 3.94. The third-order valence-electron chi connectivity index (χ3n) is 3.14. The number of carbonyl (C=O) groups is 1. The second kappa shape index (κ2) is 7.09. The van der Waals surface area contributed by atoms with E-state index in [1.165, 1.54) is 6.20 Å². The highest BCUT2D eigenvalue weighted by Crippen LogP contribution is 2.18. The molecule has 0 radical (unpaired) electrons. The van der Waals surface area contributed by atoms with Gasteiger partial charge in [-0.2, -0.15) is 0 Å². The van der Waals surface area contributed by atoms with Crippen LogP contribution in [0.15, 0.2) is 42.7 Å². The zero-order chi connectivity index (χ0) is 15.2. The number of rotatable bonds is 5. The zero-order valence-electron chi connectivity index (χ0n) is 11.9. The molecule has 0 saturated heterocycles. The quantitative estimate of drug-likeness (QED) is 0.862. The van der Waals surface area contributed by atoms with Crippen LogP contribution in [-0.4, -0.2) is 22.3 Å². The highest BCUT2D eigenvalue weighted by molar-refractivity contribution is 6.33. The van der Waals surface area contributed by atoms with Crippen molar-refractivity contribution in [3.63, 3.8) is 0 Å². The van der Waals surface area contributed by atoms with Gasteiger partial charge in [-0.25, -0.2) is 0 Å². The van der Waals surface area contributed by atoms with E-state index < -0.39 is 0 Å². The predicted octanol–water partition coefficient (Wildman–Crippen LogP) is 3.37. The van der Waals surface area contributed by atoms with Gasteiger partial charge in [0.25, 0.3) is 5.91 Å². The molecule has 0 aliphatic carbocycles. The van der Waals surface area contributed by atoms with E-state index in [2.05, 4.69) is 4.98 Å². The van der Waals surface area contributed by atoms with Crippen molar-refractivity contribution in [1.82, 2.24) is 9.88 Å². The molecule has 0 unspecified atom stereocenters. The Kier molecular flexibility index (Phi) is 5.17. The Morgan fingerprint density at radius 3 is 2.62 bits per heavy atom. The summed E-state index contributed by atoms with van der Waals surface area (Å²) in [7, 11) is 0. The molecule has 0 aliphatic rings. The first-order valence-electron chi connectivity index (χ1n) is 6.85. The summed E-state index contributed by atoms with van der Waals surface area (Å²) in [6.45, 7) is 3.24. The van der Waals surface area contributed by atoms with E-state index in [9.17, 15) is 4.79 Å². The van der Waals surface area contributed by atoms with Gasteiger partial charge in [0.05, 0.1) is 10.6 Å². The molecular weight excluding hydrogens is 286 g/mol. The number of hydrogen-bond donors (Lipinski definition) is 1. The molecule has 0 spiro atoms. The Balaban J connectivity index is 2.20.